The van der Waals surface area contributed by atoms with Crippen LogP contribution in [0.4, 0.5) is 0 Å². The molecule has 0 amide bonds. The summed E-state index contributed by atoms with van der Waals surface area (Å²) in [7, 11) is 0. The number of likely N-dealkylation sites (tertiary alicyclic amines) is 2. The Bertz CT molecular complexity index is 2250. The molecule has 4 aromatic rings. The zero-order valence-electron chi connectivity index (χ0n) is 48.8. The van der Waals surface area contributed by atoms with Crippen molar-refractivity contribution in [1.82, 2.24) is 19.6 Å². The number of halogens is 2. The second-order valence-corrected chi connectivity index (χ2v) is 25.4. The second kappa shape index (κ2) is 35.9. The van der Waals surface area contributed by atoms with Crippen molar-refractivity contribution in [2.24, 2.45) is 23.7 Å². The molecular weight excluding hydrogens is 1010 g/mol. The van der Waals surface area contributed by atoms with Gasteiger partial charge in [0.05, 0.1) is 11.6 Å². The van der Waals surface area contributed by atoms with Gasteiger partial charge in [0.1, 0.15) is 0 Å². The average Bonchev–Trinajstić information content (AvgIpc) is 3.43. The summed E-state index contributed by atoms with van der Waals surface area (Å²) in [6.45, 7) is 33.2. The Labute approximate surface area is 478 Å². The van der Waals surface area contributed by atoms with Gasteiger partial charge in [0.25, 0.3) is 0 Å². The predicted molar refractivity (Wildman–Crippen MR) is 334 cm³/mol. The van der Waals surface area contributed by atoms with E-state index in [-0.39, 0.29) is 0 Å². The summed E-state index contributed by atoms with van der Waals surface area (Å²) in [6, 6.07) is 38.3. The lowest BCUT2D eigenvalue weighted by atomic mass is 9.89. The van der Waals surface area contributed by atoms with Crippen LogP contribution in [0.1, 0.15) is 185 Å². The third-order valence-corrected chi connectivity index (χ3v) is 16.8. The first-order chi connectivity index (χ1) is 36.7. The Kier molecular flexibility index (Phi) is 29.9. The Morgan fingerprint density at radius 3 is 1.20 bits per heavy atom. The molecule has 4 aromatic carbocycles. The largest absolute Gasteiger partial charge is 0.303 e. The standard InChI is InChI=1S/C18H26N2.C17H24BrN.C17H26ClN.C17H25N/c1-15(2)4-3-11-20-12-9-18(10-13-20)17-7-5-16(14-19)6-8-17;2*1-14(2)4-3-11-19-12-9-16(10-13-19)15-5-7-17(18)8-6-15;1-15(2)7-6-12-18-13-10-17(11-14-18)16-8-4-3-5-9-16/h5-8,15,18H,3-4,9-13H2,1-2H3;5-9,14H,3-4,10-13H2,1-2H3;5-8,14,16H,3-4,9-13H2,1-2H3;3-5,8-10,15H,6-7,11-14H2,1-2H3. The molecule has 0 aromatic heterocycles. The summed E-state index contributed by atoms with van der Waals surface area (Å²) < 4.78 is 1.16. The number of piperidine rings is 2. The van der Waals surface area contributed by atoms with E-state index in [0.29, 0.717) is 5.92 Å². The molecule has 0 spiro atoms. The average molecular weight is 1120 g/mol. The molecule has 2 fully saturated rings. The minimum Gasteiger partial charge on any atom is -0.303 e. The van der Waals surface area contributed by atoms with E-state index in [1.807, 2.05) is 24.3 Å². The van der Waals surface area contributed by atoms with Crippen LogP contribution in [0.25, 0.3) is 11.1 Å². The summed E-state index contributed by atoms with van der Waals surface area (Å²) in [6.07, 6.45) is 23.1. The maximum atomic E-state index is 8.84. The zero-order valence-corrected chi connectivity index (χ0v) is 51.2. The quantitative estimate of drug-likeness (QED) is 0.0881. The molecule has 0 radical (unpaired) electrons. The molecule has 0 atom stereocenters. The number of nitriles is 1. The second-order valence-electron chi connectivity index (χ2n) is 24.1. The molecule has 4 aliphatic heterocycles. The topological polar surface area (TPSA) is 36.8 Å². The Morgan fingerprint density at radius 2 is 0.842 bits per heavy atom. The number of nitrogens with zero attached hydrogens (tertiary/aromatic N) is 5. The summed E-state index contributed by atoms with van der Waals surface area (Å²) in [4.78, 5) is 10.4. The van der Waals surface area contributed by atoms with Gasteiger partial charge in [0, 0.05) is 35.7 Å². The molecule has 0 aliphatic carbocycles. The highest BCUT2D eigenvalue weighted by molar-refractivity contribution is 9.10. The highest BCUT2D eigenvalue weighted by atomic mass is 79.9. The highest BCUT2D eigenvalue weighted by Crippen LogP contribution is 2.31. The summed E-state index contributed by atoms with van der Waals surface area (Å²) in [5, 5.41) is 9.68. The van der Waals surface area contributed by atoms with Crippen LogP contribution in [-0.2, 0) is 0 Å². The SMILES string of the molecule is CC(C)CCCN1CC=C(c2ccc(Br)cc2)CC1.CC(C)CCCN1CC=C(c2ccccc2)CC1.CC(C)CCCN1CCC(c2ccc(C#N)cc2)CC1.CC(C)CCCN1CCC(c2ccc(Cl)cc2)CC1. The Morgan fingerprint density at radius 1 is 0.474 bits per heavy atom. The first-order valence-electron chi connectivity index (χ1n) is 30.1. The van der Waals surface area contributed by atoms with Gasteiger partial charge in [0.2, 0.25) is 0 Å². The van der Waals surface area contributed by atoms with Crippen molar-refractivity contribution in [3.63, 3.8) is 0 Å². The monoisotopic (exact) mass is 1110 g/mol. The van der Waals surface area contributed by atoms with E-state index in [9.17, 15) is 0 Å². The van der Waals surface area contributed by atoms with Gasteiger partial charge in [-0.1, -0.05) is 162 Å². The maximum absolute atomic E-state index is 8.84. The zero-order chi connectivity index (χ0) is 54.5. The van der Waals surface area contributed by atoms with E-state index >= 15 is 0 Å². The van der Waals surface area contributed by atoms with Crippen LogP contribution >= 0.6 is 27.5 Å². The van der Waals surface area contributed by atoms with Gasteiger partial charge < -0.3 is 9.80 Å². The molecular formula is C69H101BrClN5. The fraction of sp³-hybridized carbons (Fsp3) is 0.580. The Balaban J connectivity index is 0.000000187. The van der Waals surface area contributed by atoms with Gasteiger partial charge in [-0.25, -0.2) is 0 Å². The fourth-order valence-corrected chi connectivity index (χ4v) is 11.5. The van der Waals surface area contributed by atoms with Crippen LogP contribution < -0.4 is 0 Å². The van der Waals surface area contributed by atoms with E-state index in [1.54, 1.807) is 0 Å². The molecule has 416 valence electrons. The van der Waals surface area contributed by atoms with Gasteiger partial charge in [-0.3, -0.25) is 9.80 Å². The van der Waals surface area contributed by atoms with Gasteiger partial charge in [0.15, 0.2) is 0 Å². The number of hydrogen-bond acceptors (Lipinski definition) is 5. The van der Waals surface area contributed by atoms with Crippen molar-refractivity contribution in [3.05, 3.63) is 153 Å². The number of hydrogen-bond donors (Lipinski definition) is 0. The van der Waals surface area contributed by atoms with Gasteiger partial charge in [-0.2, -0.15) is 5.26 Å². The summed E-state index contributed by atoms with van der Waals surface area (Å²) in [5.74, 6) is 4.75. The van der Waals surface area contributed by atoms with E-state index in [2.05, 4.69) is 188 Å². The number of benzene rings is 4. The van der Waals surface area contributed by atoms with Crippen molar-refractivity contribution < 1.29 is 0 Å². The molecule has 0 bridgehead atoms. The lowest BCUT2D eigenvalue weighted by Crippen LogP contribution is -2.33. The first kappa shape index (κ1) is 63.3. The number of rotatable bonds is 20. The highest BCUT2D eigenvalue weighted by Gasteiger charge is 2.22. The van der Waals surface area contributed by atoms with Crippen LogP contribution in [0.15, 0.2) is 120 Å². The van der Waals surface area contributed by atoms with E-state index in [1.165, 1.54) is 189 Å². The lowest BCUT2D eigenvalue weighted by molar-refractivity contribution is 0.206. The van der Waals surface area contributed by atoms with Crippen molar-refractivity contribution in [2.45, 2.75) is 157 Å². The summed E-state index contributed by atoms with van der Waals surface area (Å²) in [5.41, 5.74) is 9.45. The minimum absolute atomic E-state index is 0.684. The van der Waals surface area contributed by atoms with E-state index in [0.717, 1.165) is 57.7 Å². The van der Waals surface area contributed by atoms with Crippen LogP contribution in [0.2, 0.25) is 5.02 Å². The predicted octanol–water partition coefficient (Wildman–Crippen LogP) is 18.3. The fourth-order valence-electron chi connectivity index (χ4n) is 11.1. The summed E-state index contributed by atoms with van der Waals surface area (Å²) >= 11 is 9.44. The normalized spacial score (nSPS) is 17.3. The van der Waals surface area contributed by atoms with Crippen LogP contribution in [0, 0.1) is 35.0 Å². The van der Waals surface area contributed by atoms with E-state index < -0.39 is 0 Å². The van der Waals surface area contributed by atoms with E-state index in [4.69, 9.17) is 16.9 Å². The van der Waals surface area contributed by atoms with Gasteiger partial charge in [-0.15, -0.1) is 0 Å². The van der Waals surface area contributed by atoms with Crippen molar-refractivity contribution >= 4 is 38.7 Å². The molecule has 2 saturated heterocycles. The third kappa shape index (κ3) is 25.1. The van der Waals surface area contributed by atoms with Gasteiger partial charge >= 0.3 is 0 Å². The van der Waals surface area contributed by atoms with Crippen LogP contribution in [0.5, 0.6) is 0 Å². The van der Waals surface area contributed by atoms with Gasteiger partial charge in [-0.05, 0) is 248 Å². The molecule has 4 aliphatic rings. The van der Waals surface area contributed by atoms with Crippen molar-refractivity contribution in [2.75, 3.05) is 78.5 Å². The molecule has 8 rings (SSSR count). The van der Waals surface area contributed by atoms with Crippen molar-refractivity contribution in [3.8, 4) is 6.07 Å². The molecule has 76 heavy (non-hydrogen) atoms. The van der Waals surface area contributed by atoms with Crippen molar-refractivity contribution in [1.29, 1.82) is 5.26 Å². The van der Waals surface area contributed by atoms with Crippen LogP contribution in [0.3, 0.4) is 0 Å². The lowest BCUT2D eigenvalue weighted by Gasteiger charge is -2.32. The molecule has 4 heterocycles. The smallest absolute Gasteiger partial charge is 0.0991 e. The molecule has 5 nitrogen and oxygen atoms in total. The molecule has 7 heteroatoms. The third-order valence-electron chi connectivity index (χ3n) is 16.0. The molecule has 0 N–H and O–H groups in total. The minimum atomic E-state index is 0.684. The molecule has 0 unspecified atom stereocenters. The Hall–Kier alpha value is -3.54. The van der Waals surface area contributed by atoms with Crippen LogP contribution in [-0.4, -0.2) is 98.1 Å². The molecule has 0 saturated carbocycles. The first-order valence-corrected chi connectivity index (χ1v) is 31.3. The maximum Gasteiger partial charge on any atom is 0.0991 e.